The molecule has 0 spiro atoms. The monoisotopic (exact) mass is 205 g/mol. The van der Waals surface area contributed by atoms with E-state index in [-0.39, 0.29) is 12.1 Å². The number of benzene rings is 1. The number of isocyanates is 1. The summed E-state index contributed by atoms with van der Waals surface area (Å²) < 4.78 is 5.25. The van der Waals surface area contributed by atoms with Gasteiger partial charge < -0.3 is 4.74 Å². The van der Waals surface area contributed by atoms with Gasteiger partial charge in [-0.25, -0.2) is 4.79 Å². The summed E-state index contributed by atoms with van der Waals surface area (Å²) in [7, 11) is 0. The van der Waals surface area contributed by atoms with Gasteiger partial charge in [-0.05, 0) is 23.1 Å². The van der Waals surface area contributed by atoms with Crippen LogP contribution in [0.5, 0.6) is 5.75 Å². The first-order valence-corrected chi connectivity index (χ1v) is 4.81. The van der Waals surface area contributed by atoms with E-state index < -0.39 is 0 Å². The highest BCUT2D eigenvalue weighted by Gasteiger charge is 2.13. The first-order chi connectivity index (χ1) is 7.04. The third-order valence-corrected chi connectivity index (χ3v) is 2.06. The van der Waals surface area contributed by atoms with Crippen LogP contribution in [-0.2, 0) is 10.2 Å². The first kappa shape index (κ1) is 11.5. The molecular weight excluding hydrogens is 190 g/mol. The number of aliphatic imine (C=N–C) groups is 1. The molecule has 0 saturated carbocycles. The molecule has 15 heavy (non-hydrogen) atoms. The van der Waals surface area contributed by atoms with E-state index in [9.17, 15) is 4.79 Å². The number of rotatable bonds is 3. The van der Waals surface area contributed by atoms with Gasteiger partial charge in [0.05, 0.1) is 0 Å². The Hall–Kier alpha value is -1.60. The zero-order chi connectivity index (χ0) is 11.3. The Morgan fingerprint density at radius 2 is 2.13 bits per heavy atom. The lowest BCUT2D eigenvalue weighted by Crippen LogP contribution is -2.10. The molecule has 3 heteroatoms. The summed E-state index contributed by atoms with van der Waals surface area (Å²) in [5.41, 5.74) is 1.28. The summed E-state index contributed by atoms with van der Waals surface area (Å²) in [4.78, 5) is 13.2. The van der Waals surface area contributed by atoms with Crippen LogP contribution >= 0.6 is 0 Å². The van der Waals surface area contributed by atoms with Crippen molar-refractivity contribution >= 4 is 6.08 Å². The molecular formula is C12H15NO2. The standard InChI is InChI=1S/C12H15NO2/c1-12(2,3)10-5-4-6-11(7-10)15-9-13-8-14/h4-7H,9H2,1-3H3. The van der Waals surface area contributed by atoms with Crippen LogP contribution in [0.15, 0.2) is 29.3 Å². The Morgan fingerprint density at radius 1 is 1.40 bits per heavy atom. The van der Waals surface area contributed by atoms with Gasteiger partial charge in [-0.15, -0.1) is 0 Å². The average molecular weight is 205 g/mol. The van der Waals surface area contributed by atoms with E-state index >= 15 is 0 Å². The molecule has 0 saturated heterocycles. The molecule has 3 nitrogen and oxygen atoms in total. The maximum absolute atomic E-state index is 9.85. The summed E-state index contributed by atoms with van der Waals surface area (Å²) in [6, 6.07) is 7.78. The predicted octanol–water partition coefficient (Wildman–Crippen LogP) is 2.66. The lowest BCUT2D eigenvalue weighted by atomic mass is 9.87. The molecule has 1 aromatic carbocycles. The van der Waals surface area contributed by atoms with Crippen LogP contribution in [0.4, 0.5) is 0 Å². The van der Waals surface area contributed by atoms with Gasteiger partial charge in [0, 0.05) is 0 Å². The Balaban J connectivity index is 2.79. The second-order valence-corrected chi connectivity index (χ2v) is 4.30. The van der Waals surface area contributed by atoms with Crippen LogP contribution in [-0.4, -0.2) is 12.8 Å². The minimum absolute atomic E-state index is 0.0249. The minimum Gasteiger partial charge on any atom is -0.470 e. The molecule has 0 aromatic heterocycles. The molecule has 0 aliphatic carbocycles. The first-order valence-electron chi connectivity index (χ1n) is 4.81. The van der Waals surface area contributed by atoms with Gasteiger partial charge in [0.2, 0.25) is 6.08 Å². The number of ether oxygens (including phenoxy) is 1. The molecule has 0 amide bonds. The third-order valence-electron chi connectivity index (χ3n) is 2.06. The van der Waals surface area contributed by atoms with Crippen LogP contribution in [0.2, 0.25) is 0 Å². The highest BCUT2D eigenvalue weighted by Crippen LogP contribution is 2.25. The topological polar surface area (TPSA) is 38.7 Å². The fourth-order valence-corrected chi connectivity index (χ4v) is 1.19. The molecule has 0 atom stereocenters. The molecule has 0 bridgehead atoms. The fraction of sp³-hybridized carbons (Fsp3) is 0.417. The molecule has 0 N–H and O–H groups in total. The Kier molecular flexibility index (Phi) is 3.64. The Bertz CT molecular complexity index is 373. The second-order valence-electron chi connectivity index (χ2n) is 4.30. The third kappa shape index (κ3) is 3.56. The van der Waals surface area contributed by atoms with Gasteiger partial charge in [0.15, 0.2) is 6.73 Å². The SMILES string of the molecule is CC(C)(C)c1cccc(OCN=C=O)c1. The zero-order valence-electron chi connectivity index (χ0n) is 9.28. The van der Waals surface area contributed by atoms with E-state index in [1.807, 2.05) is 18.2 Å². The van der Waals surface area contributed by atoms with Crippen molar-refractivity contribution in [2.45, 2.75) is 26.2 Å². The summed E-state index contributed by atoms with van der Waals surface area (Å²) in [6.07, 6.45) is 1.43. The number of carbonyl (C=O) groups excluding carboxylic acids is 1. The van der Waals surface area contributed by atoms with E-state index in [4.69, 9.17) is 4.74 Å². The van der Waals surface area contributed by atoms with Crippen molar-refractivity contribution < 1.29 is 9.53 Å². The molecule has 80 valence electrons. The highest BCUT2D eigenvalue weighted by molar-refractivity contribution is 5.34. The van der Waals surface area contributed by atoms with Gasteiger partial charge in [-0.3, -0.25) is 0 Å². The lowest BCUT2D eigenvalue weighted by molar-refractivity contribution is 0.329. The normalized spacial score (nSPS) is 10.6. The van der Waals surface area contributed by atoms with E-state index in [1.165, 1.54) is 11.6 Å². The summed E-state index contributed by atoms with van der Waals surface area (Å²) in [5, 5.41) is 0. The maximum Gasteiger partial charge on any atom is 0.238 e. The van der Waals surface area contributed by atoms with Crippen LogP contribution in [0.1, 0.15) is 26.3 Å². The van der Waals surface area contributed by atoms with Crippen LogP contribution in [0.25, 0.3) is 0 Å². The van der Waals surface area contributed by atoms with Gasteiger partial charge in [-0.1, -0.05) is 32.9 Å². The maximum atomic E-state index is 9.85. The number of nitrogens with zero attached hydrogens (tertiary/aromatic N) is 1. The van der Waals surface area contributed by atoms with Crippen molar-refractivity contribution in [3.05, 3.63) is 29.8 Å². The van der Waals surface area contributed by atoms with Crippen molar-refractivity contribution in [3.8, 4) is 5.75 Å². The smallest absolute Gasteiger partial charge is 0.238 e. The Morgan fingerprint density at radius 3 is 2.73 bits per heavy atom. The number of hydrogen-bond acceptors (Lipinski definition) is 3. The molecule has 0 heterocycles. The quantitative estimate of drug-likeness (QED) is 0.562. The van der Waals surface area contributed by atoms with Gasteiger partial charge in [0.1, 0.15) is 5.75 Å². The molecule has 1 rings (SSSR count). The summed E-state index contributed by atoms with van der Waals surface area (Å²) in [6.45, 7) is 6.43. The van der Waals surface area contributed by atoms with Crippen LogP contribution in [0.3, 0.4) is 0 Å². The van der Waals surface area contributed by atoms with Crippen LogP contribution in [0, 0.1) is 0 Å². The van der Waals surface area contributed by atoms with Crippen molar-refractivity contribution in [2.75, 3.05) is 6.73 Å². The largest absolute Gasteiger partial charge is 0.470 e. The zero-order valence-corrected chi connectivity index (χ0v) is 9.28. The van der Waals surface area contributed by atoms with Crippen molar-refractivity contribution in [3.63, 3.8) is 0 Å². The van der Waals surface area contributed by atoms with E-state index in [2.05, 4.69) is 31.8 Å². The van der Waals surface area contributed by atoms with Crippen molar-refractivity contribution in [1.29, 1.82) is 0 Å². The predicted molar refractivity (Wildman–Crippen MR) is 58.8 cm³/mol. The summed E-state index contributed by atoms with van der Waals surface area (Å²) >= 11 is 0. The molecule has 0 aliphatic rings. The molecule has 0 fully saturated rings. The van der Waals surface area contributed by atoms with Crippen molar-refractivity contribution in [2.24, 2.45) is 4.99 Å². The van der Waals surface area contributed by atoms with Gasteiger partial charge >= 0.3 is 0 Å². The molecule has 1 aromatic rings. The van der Waals surface area contributed by atoms with Crippen LogP contribution < -0.4 is 4.74 Å². The van der Waals surface area contributed by atoms with Gasteiger partial charge in [-0.2, -0.15) is 4.99 Å². The minimum atomic E-state index is 0.0249. The lowest BCUT2D eigenvalue weighted by Gasteiger charge is -2.19. The number of hydrogen-bond donors (Lipinski definition) is 0. The molecule has 0 unspecified atom stereocenters. The van der Waals surface area contributed by atoms with E-state index in [0.29, 0.717) is 0 Å². The second kappa shape index (κ2) is 4.76. The Labute approximate surface area is 89.8 Å². The van der Waals surface area contributed by atoms with Gasteiger partial charge in [0.25, 0.3) is 0 Å². The van der Waals surface area contributed by atoms with Crippen molar-refractivity contribution in [1.82, 2.24) is 0 Å². The molecule has 0 radical (unpaired) electrons. The molecule has 0 aliphatic heterocycles. The highest BCUT2D eigenvalue weighted by atomic mass is 16.5. The fourth-order valence-electron chi connectivity index (χ4n) is 1.19. The average Bonchev–Trinajstić information content (AvgIpc) is 2.17. The van der Waals surface area contributed by atoms with E-state index in [1.54, 1.807) is 0 Å². The van der Waals surface area contributed by atoms with E-state index in [0.717, 1.165) is 5.75 Å². The summed E-state index contributed by atoms with van der Waals surface area (Å²) in [5.74, 6) is 0.724.